The molecule has 0 aliphatic heterocycles. The van der Waals surface area contributed by atoms with Gasteiger partial charge in [0.05, 0.1) is 11.9 Å². The van der Waals surface area contributed by atoms with Gasteiger partial charge in [-0.3, -0.25) is 4.72 Å². The van der Waals surface area contributed by atoms with Crippen LogP contribution in [0.15, 0.2) is 34.7 Å². The zero-order chi connectivity index (χ0) is 14.0. The largest absolute Gasteiger partial charge is 0.477 e. The number of hydrogen-bond donors (Lipinski definition) is 2. The smallest absolute Gasteiger partial charge is 0.347 e. The number of anilines is 1. The van der Waals surface area contributed by atoms with Crippen LogP contribution in [-0.2, 0) is 10.0 Å². The molecule has 2 N–H and O–H groups in total. The van der Waals surface area contributed by atoms with Crippen LogP contribution in [0.5, 0.6) is 0 Å². The van der Waals surface area contributed by atoms with Crippen molar-refractivity contribution >= 4 is 33.0 Å². The summed E-state index contributed by atoms with van der Waals surface area (Å²) in [6, 6.07) is 3.36. The van der Waals surface area contributed by atoms with Crippen molar-refractivity contribution in [1.82, 2.24) is 4.98 Å². The molecule has 9 heteroatoms. The van der Waals surface area contributed by atoms with Crippen molar-refractivity contribution in [3.8, 4) is 0 Å². The number of aromatic nitrogens is 1. The van der Waals surface area contributed by atoms with E-state index in [1.807, 2.05) is 0 Å². The molecule has 0 fully saturated rings. The summed E-state index contributed by atoms with van der Waals surface area (Å²) in [5, 5.41) is 10.2. The van der Waals surface area contributed by atoms with E-state index in [2.05, 4.69) is 9.71 Å². The lowest BCUT2D eigenvalue weighted by molar-refractivity contribution is 0.0698. The topological polar surface area (TPSA) is 96.4 Å². The molecule has 0 saturated heterocycles. The minimum atomic E-state index is -4.04. The Hall–Kier alpha value is -2.00. The van der Waals surface area contributed by atoms with E-state index in [0.717, 1.165) is 23.6 Å². The average Bonchev–Trinajstić information content (AvgIpc) is 2.82. The third kappa shape index (κ3) is 2.88. The minimum absolute atomic E-state index is 0.0453. The summed E-state index contributed by atoms with van der Waals surface area (Å²) in [7, 11) is -4.04. The van der Waals surface area contributed by atoms with Gasteiger partial charge in [0.15, 0.2) is 0 Å². The molecule has 0 saturated carbocycles. The van der Waals surface area contributed by atoms with Gasteiger partial charge in [-0.1, -0.05) is 0 Å². The fourth-order valence-corrected chi connectivity index (χ4v) is 3.62. The molecular weight excluding hydrogens is 295 g/mol. The second-order valence-electron chi connectivity index (χ2n) is 3.39. The monoisotopic (exact) mass is 302 g/mol. The van der Waals surface area contributed by atoms with Crippen molar-refractivity contribution in [2.75, 3.05) is 4.72 Å². The van der Waals surface area contributed by atoms with Gasteiger partial charge in [-0.25, -0.2) is 18.2 Å². The molecule has 100 valence electrons. The van der Waals surface area contributed by atoms with Gasteiger partial charge in [0.2, 0.25) is 5.95 Å². The number of pyridine rings is 1. The average molecular weight is 302 g/mol. The number of rotatable bonds is 4. The highest BCUT2D eigenvalue weighted by Gasteiger charge is 2.23. The number of sulfonamides is 1. The molecule has 0 bridgehead atoms. The Morgan fingerprint density at radius 1 is 1.37 bits per heavy atom. The summed E-state index contributed by atoms with van der Waals surface area (Å²) >= 11 is 0.803. The van der Waals surface area contributed by atoms with Crippen LogP contribution in [0.3, 0.4) is 0 Å². The third-order valence-electron chi connectivity index (χ3n) is 2.09. The summed E-state index contributed by atoms with van der Waals surface area (Å²) in [6.07, 6.45) is 1.000. The quantitative estimate of drug-likeness (QED) is 0.839. The first-order chi connectivity index (χ1) is 8.90. The Kier molecular flexibility index (Phi) is 3.49. The van der Waals surface area contributed by atoms with Crippen molar-refractivity contribution in [2.24, 2.45) is 0 Å². The maximum absolute atomic E-state index is 12.6. The lowest BCUT2D eigenvalue weighted by atomic mass is 10.4. The zero-order valence-corrected chi connectivity index (χ0v) is 10.8. The maximum Gasteiger partial charge on any atom is 0.347 e. The van der Waals surface area contributed by atoms with Crippen LogP contribution in [-0.4, -0.2) is 24.5 Å². The molecule has 0 unspecified atom stereocenters. The van der Waals surface area contributed by atoms with E-state index < -0.39 is 21.9 Å². The molecule has 19 heavy (non-hydrogen) atoms. The highest BCUT2D eigenvalue weighted by molar-refractivity contribution is 7.93. The van der Waals surface area contributed by atoms with Crippen LogP contribution in [0.4, 0.5) is 10.1 Å². The summed E-state index contributed by atoms with van der Waals surface area (Å²) in [4.78, 5) is 13.5. The molecule has 0 radical (unpaired) electrons. The van der Waals surface area contributed by atoms with Gasteiger partial charge in [0, 0.05) is 0 Å². The van der Waals surface area contributed by atoms with Crippen LogP contribution < -0.4 is 4.72 Å². The van der Waals surface area contributed by atoms with E-state index in [0.29, 0.717) is 0 Å². The standard InChI is InChI=1S/C10H7FN2O4S2/c11-8-2-1-6(5-12-8)13-19(16,17)7-3-4-18-9(7)10(14)15/h1-5,13H,(H,14,15). The first-order valence-corrected chi connectivity index (χ1v) is 7.21. The third-order valence-corrected chi connectivity index (χ3v) is 4.55. The van der Waals surface area contributed by atoms with E-state index in [1.54, 1.807) is 0 Å². The van der Waals surface area contributed by atoms with E-state index in [9.17, 15) is 17.6 Å². The summed E-state index contributed by atoms with van der Waals surface area (Å²) in [5.74, 6) is -2.07. The van der Waals surface area contributed by atoms with Gasteiger partial charge < -0.3 is 5.11 Å². The summed E-state index contributed by atoms with van der Waals surface area (Å²) in [6.45, 7) is 0. The predicted molar refractivity (Wildman–Crippen MR) is 66.3 cm³/mol. The van der Waals surface area contributed by atoms with E-state index in [1.165, 1.54) is 17.5 Å². The summed E-state index contributed by atoms with van der Waals surface area (Å²) in [5.41, 5.74) is 0.0453. The molecule has 0 aliphatic carbocycles. The van der Waals surface area contributed by atoms with Crippen molar-refractivity contribution < 1.29 is 22.7 Å². The fraction of sp³-hybridized carbons (Fsp3) is 0. The number of aromatic carboxylic acids is 1. The van der Waals surface area contributed by atoms with Crippen molar-refractivity contribution in [3.05, 3.63) is 40.6 Å². The molecule has 6 nitrogen and oxygen atoms in total. The van der Waals surface area contributed by atoms with Crippen LogP contribution >= 0.6 is 11.3 Å². The number of nitrogens with zero attached hydrogens (tertiary/aromatic N) is 1. The number of carboxylic acids is 1. The van der Waals surface area contributed by atoms with Gasteiger partial charge in [0.25, 0.3) is 10.0 Å². The first-order valence-electron chi connectivity index (χ1n) is 4.85. The Labute approximate surface area is 111 Å². The fourth-order valence-electron chi connectivity index (χ4n) is 1.31. The number of carboxylic acid groups (broad SMARTS) is 1. The zero-order valence-electron chi connectivity index (χ0n) is 9.20. The molecule has 2 rings (SSSR count). The number of thiophene rings is 1. The molecular formula is C10H7FN2O4S2. The second-order valence-corrected chi connectivity index (χ2v) is 5.96. The van der Waals surface area contributed by atoms with Crippen LogP contribution in [0.2, 0.25) is 0 Å². The number of nitrogens with one attached hydrogen (secondary N) is 1. The van der Waals surface area contributed by atoms with E-state index >= 15 is 0 Å². The SMILES string of the molecule is O=C(O)c1sccc1S(=O)(=O)Nc1ccc(F)nc1. The van der Waals surface area contributed by atoms with E-state index in [-0.39, 0.29) is 15.5 Å². The first kappa shape index (κ1) is 13.4. The van der Waals surface area contributed by atoms with Gasteiger partial charge in [-0.2, -0.15) is 4.39 Å². The molecule has 0 aromatic carbocycles. The predicted octanol–water partition coefficient (Wildman–Crippen LogP) is 1.78. The number of hydrogen-bond acceptors (Lipinski definition) is 5. The molecule has 0 atom stereocenters. The highest BCUT2D eigenvalue weighted by atomic mass is 32.2. The molecule has 2 aromatic rings. The second kappa shape index (κ2) is 4.94. The Morgan fingerprint density at radius 3 is 2.68 bits per heavy atom. The van der Waals surface area contributed by atoms with Crippen molar-refractivity contribution in [3.63, 3.8) is 0 Å². The molecule has 0 spiro atoms. The minimum Gasteiger partial charge on any atom is -0.477 e. The lowest BCUT2D eigenvalue weighted by Crippen LogP contribution is -2.15. The van der Waals surface area contributed by atoms with Gasteiger partial charge in [-0.05, 0) is 23.6 Å². The Morgan fingerprint density at radius 2 is 2.11 bits per heavy atom. The molecule has 0 amide bonds. The van der Waals surface area contributed by atoms with E-state index in [4.69, 9.17) is 5.11 Å². The highest BCUT2D eigenvalue weighted by Crippen LogP contribution is 2.24. The van der Waals surface area contributed by atoms with Crippen molar-refractivity contribution in [2.45, 2.75) is 4.90 Å². The van der Waals surface area contributed by atoms with Crippen LogP contribution in [0.1, 0.15) is 9.67 Å². The van der Waals surface area contributed by atoms with Gasteiger partial charge >= 0.3 is 5.97 Å². The van der Waals surface area contributed by atoms with Crippen LogP contribution in [0.25, 0.3) is 0 Å². The normalized spacial score (nSPS) is 11.2. The molecule has 2 aromatic heterocycles. The Balaban J connectivity index is 2.35. The molecule has 0 aliphatic rings. The lowest BCUT2D eigenvalue weighted by Gasteiger charge is -2.06. The summed E-state index contributed by atoms with van der Waals surface area (Å²) < 4.78 is 38.7. The number of carbonyl (C=O) groups is 1. The maximum atomic E-state index is 12.6. The van der Waals surface area contributed by atoms with Gasteiger partial charge in [-0.15, -0.1) is 11.3 Å². The Bertz CT molecular complexity index is 709. The van der Waals surface area contributed by atoms with Crippen molar-refractivity contribution in [1.29, 1.82) is 0 Å². The molecule has 2 heterocycles. The van der Waals surface area contributed by atoms with Crippen LogP contribution in [0, 0.1) is 5.95 Å². The van der Waals surface area contributed by atoms with Gasteiger partial charge in [0.1, 0.15) is 9.77 Å². The number of halogens is 1.